The topological polar surface area (TPSA) is 70.1 Å². The number of carbonyl (C=O) groups is 1. The molecule has 0 saturated heterocycles. The van der Waals surface area contributed by atoms with Crippen LogP contribution in [-0.2, 0) is 11.3 Å². The van der Waals surface area contributed by atoms with Crippen LogP contribution in [0.25, 0.3) is 0 Å². The first-order valence-electron chi connectivity index (χ1n) is 5.95. The van der Waals surface area contributed by atoms with Gasteiger partial charge in [-0.15, -0.1) is 0 Å². The Kier molecular flexibility index (Phi) is 4.24. The van der Waals surface area contributed by atoms with Crippen LogP contribution in [0.5, 0.6) is 0 Å². The van der Waals surface area contributed by atoms with E-state index in [9.17, 15) is 9.18 Å². The van der Waals surface area contributed by atoms with Gasteiger partial charge in [0.2, 0.25) is 0 Å². The number of carbonyl (C=O) groups excluding carboxylic acids is 1. The number of esters is 1. The van der Waals surface area contributed by atoms with E-state index >= 15 is 0 Å². The summed E-state index contributed by atoms with van der Waals surface area (Å²) < 4.78 is 19.6. The zero-order valence-corrected chi connectivity index (χ0v) is 11.5. The lowest BCUT2D eigenvalue weighted by molar-refractivity contribution is 0.0519. The maximum atomic E-state index is 13.3. The average molecular weight is 298 g/mol. The zero-order valence-electron chi connectivity index (χ0n) is 10.8. The summed E-state index contributed by atoms with van der Waals surface area (Å²) in [5.41, 5.74) is 6.49. The number of aromatic nitrogens is 2. The third kappa shape index (κ3) is 2.91. The number of nitrogen functional groups attached to an aromatic ring is 1. The molecule has 2 rings (SSSR count). The number of nitrogens with zero attached hydrogens (tertiary/aromatic N) is 2. The molecule has 0 saturated carbocycles. The fraction of sp³-hybridized carbons (Fsp3) is 0.231. The predicted octanol–water partition coefficient (Wildman–Crippen LogP) is 2.48. The zero-order chi connectivity index (χ0) is 14.7. The highest BCUT2D eigenvalue weighted by Crippen LogP contribution is 2.21. The summed E-state index contributed by atoms with van der Waals surface area (Å²) in [6.45, 7) is 2.14. The van der Waals surface area contributed by atoms with Crippen molar-refractivity contribution in [2.24, 2.45) is 0 Å². The molecular weight excluding hydrogens is 285 g/mol. The second kappa shape index (κ2) is 5.92. The first-order valence-corrected chi connectivity index (χ1v) is 6.33. The molecule has 5 nitrogen and oxygen atoms in total. The van der Waals surface area contributed by atoms with E-state index in [0.717, 1.165) is 0 Å². The van der Waals surface area contributed by atoms with Gasteiger partial charge in [-0.1, -0.05) is 23.7 Å². The molecule has 0 atom stereocenters. The summed E-state index contributed by atoms with van der Waals surface area (Å²) in [6.07, 6.45) is 1.48. The molecule has 0 bridgehead atoms. The van der Waals surface area contributed by atoms with Crippen LogP contribution in [0.2, 0.25) is 5.02 Å². The Morgan fingerprint density at radius 2 is 2.30 bits per heavy atom. The van der Waals surface area contributed by atoms with Gasteiger partial charge in [0, 0.05) is 6.20 Å². The molecule has 1 heterocycles. The van der Waals surface area contributed by atoms with Gasteiger partial charge in [0.05, 0.1) is 23.9 Å². The third-order valence-electron chi connectivity index (χ3n) is 2.62. The van der Waals surface area contributed by atoms with Crippen molar-refractivity contribution >= 4 is 23.3 Å². The number of rotatable bonds is 4. The Bertz CT molecular complexity index is 643. The normalized spacial score (nSPS) is 10.6. The second-order valence-electron chi connectivity index (χ2n) is 4.06. The van der Waals surface area contributed by atoms with E-state index < -0.39 is 11.8 Å². The molecule has 1 aromatic heterocycles. The minimum atomic E-state index is -0.589. The minimum absolute atomic E-state index is 0.0271. The molecule has 0 aliphatic carbocycles. The van der Waals surface area contributed by atoms with E-state index in [1.54, 1.807) is 19.1 Å². The summed E-state index contributed by atoms with van der Waals surface area (Å²) in [5.74, 6) is -1.09. The summed E-state index contributed by atoms with van der Waals surface area (Å²) in [5, 5.41) is 4.06. The predicted molar refractivity (Wildman–Crippen MR) is 73.1 cm³/mol. The molecule has 7 heteroatoms. The Hall–Kier alpha value is -2.08. The van der Waals surface area contributed by atoms with Gasteiger partial charge in [-0.25, -0.2) is 9.18 Å². The van der Waals surface area contributed by atoms with E-state index in [1.807, 2.05) is 0 Å². The Balaban J connectivity index is 2.25. The molecule has 0 radical (unpaired) electrons. The largest absolute Gasteiger partial charge is 0.461 e. The van der Waals surface area contributed by atoms with Gasteiger partial charge in [-0.3, -0.25) is 4.68 Å². The summed E-state index contributed by atoms with van der Waals surface area (Å²) in [7, 11) is 0. The Labute approximate surface area is 120 Å². The fourth-order valence-corrected chi connectivity index (χ4v) is 1.91. The number of halogens is 2. The Morgan fingerprint density at radius 1 is 1.55 bits per heavy atom. The third-order valence-corrected chi connectivity index (χ3v) is 3.05. The first kappa shape index (κ1) is 14.3. The van der Waals surface area contributed by atoms with Crippen molar-refractivity contribution in [3.05, 3.63) is 46.5 Å². The first-order chi connectivity index (χ1) is 9.52. The molecule has 0 aliphatic rings. The molecule has 0 amide bonds. The minimum Gasteiger partial charge on any atom is -0.461 e. The van der Waals surface area contributed by atoms with Crippen molar-refractivity contribution in [2.45, 2.75) is 13.5 Å². The highest BCUT2D eigenvalue weighted by Gasteiger charge is 2.16. The van der Waals surface area contributed by atoms with E-state index in [2.05, 4.69) is 5.10 Å². The van der Waals surface area contributed by atoms with Crippen LogP contribution < -0.4 is 5.73 Å². The molecule has 0 unspecified atom stereocenters. The van der Waals surface area contributed by atoms with E-state index in [1.165, 1.54) is 16.9 Å². The quantitative estimate of drug-likeness (QED) is 0.880. The SMILES string of the molecule is CCOC(=O)c1nn(Cc2cccc(F)c2Cl)cc1N. The average Bonchev–Trinajstić information content (AvgIpc) is 2.76. The molecule has 20 heavy (non-hydrogen) atoms. The van der Waals surface area contributed by atoms with Gasteiger partial charge in [0.1, 0.15) is 5.82 Å². The number of benzene rings is 1. The van der Waals surface area contributed by atoms with Crippen LogP contribution in [-0.4, -0.2) is 22.4 Å². The maximum Gasteiger partial charge on any atom is 0.361 e. The molecule has 2 aromatic rings. The number of anilines is 1. The van der Waals surface area contributed by atoms with Crippen molar-refractivity contribution in [2.75, 3.05) is 12.3 Å². The highest BCUT2D eigenvalue weighted by molar-refractivity contribution is 6.31. The smallest absolute Gasteiger partial charge is 0.361 e. The lowest BCUT2D eigenvalue weighted by Crippen LogP contribution is -2.09. The van der Waals surface area contributed by atoms with E-state index in [0.29, 0.717) is 5.56 Å². The van der Waals surface area contributed by atoms with Crippen molar-refractivity contribution in [1.29, 1.82) is 0 Å². The van der Waals surface area contributed by atoms with E-state index in [4.69, 9.17) is 22.1 Å². The van der Waals surface area contributed by atoms with Gasteiger partial charge < -0.3 is 10.5 Å². The van der Waals surface area contributed by atoms with Crippen molar-refractivity contribution < 1.29 is 13.9 Å². The molecular formula is C13H13ClFN3O2. The number of hydrogen-bond donors (Lipinski definition) is 1. The van der Waals surface area contributed by atoms with Crippen LogP contribution in [0.3, 0.4) is 0 Å². The lowest BCUT2D eigenvalue weighted by Gasteiger charge is -2.05. The molecule has 2 N–H and O–H groups in total. The van der Waals surface area contributed by atoms with E-state index in [-0.39, 0.29) is 29.6 Å². The van der Waals surface area contributed by atoms with Crippen LogP contribution in [0.1, 0.15) is 23.0 Å². The van der Waals surface area contributed by atoms with Gasteiger partial charge >= 0.3 is 5.97 Å². The van der Waals surface area contributed by atoms with Crippen molar-refractivity contribution in [3.63, 3.8) is 0 Å². The molecule has 0 fully saturated rings. The van der Waals surface area contributed by atoms with Gasteiger partial charge in [0.15, 0.2) is 5.69 Å². The van der Waals surface area contributed by atoms with Gasteiger partial charge in [-0.2, -0.15) is 5.10 Å². The van der Waals surface area contributed by atoms with Crippen LogP contribution >= 0.6 is 11.6 Å². The Morgan fingerprint density at radius 3 is 3.00 bits per heavy atom. The van der Waals surface area contributed by atoms with Gasteiger partial charge in [-0.05, 0) is 18.6 Å². The van der Waals surface area contributed by atoms with Crippen LogP contribution in [0.4, 0.5) is 10.1 Å². The monoisotopic (exact) mass is 297 g/mol. The molecule has 106 valence electrons. The van der Waals surface area contributed by atoms with Gasteiger partial charge in [0.25, 0.3) is 0 Å². The van der Waals surface area contributed by atoms with Crippen molar-refractivity contribution in [1.82, 2.24) is 9.78 Å². The number of nitrogens with two attached hydrogens (primary N) is 1. The number of ether oxygens (including phenoxy) is 1. The van der Waals surface area contributed by atoms with Crippen molar-refractivity contribution in [3.8, 4) is 0 Å². The summed E-state index contributed by atoms with van der Waals surface area (Å²) in [4.78, 5) is 11.6. The van der Waals surface area contributed by atoms with Crippen LogP contribution in [0, 0.1) is 5.82 Å². The molecule has 0 spiro atoms. The van der Waals surface area contributed by atoms with Crippen LogP contribution in [0.15, 0.2) is 24.4 Å². The molecule has 0 aliphatic heterocycles. The standard InChI is InChI=1S/C13H13ClFN3O2/c1-2-20-13(19)12-10(16)7-18(17-12)6-8-4-3-5-9(15)11(8)14/h3-5,7H,2,6,16H2,1H3. The summed E-state index contributed by atoms with van der Waals surface area (Å²) in [6, 6.07) is 4.50. The molecule has 1 aromatic carbocycles. The number of hydrogen-bond acceptors (Lipinski definition) is 4. The fourth-order valence-electron chi connectivity index (χ4n) is 1.72. The highest BCUT2D eigenvalue weighted by atomic mass is 35.5. The second-order valence-corrected chi connectivity index (χ2v) is 4.44. The lowest BCUT2D eigenvalue weighted by atomic mass is 10.2. The summed E-state index contributed by atoms with van der Waals surface area (Å²) >= 11 is 5.86. The maximum absolute atomic E-state index is 13.3.